The van der Waals surface area contributed by atoms with Crippen LogP contribution in [0.2, 0.25) is 0 Å². The van der Waals surface area contributed by atoms with Gasteiger partial charge < -0.3 is 0 Å². The second kappa shape index (κ2) is 7.90. The zero-order valence-corrected chi connectivity index (χ0v) is 16.9. The van der Waals surface area contributed by atoms with E-state index in [2.05, 4.69) is 13.8 Å². The molecule has 26 heavy (non-hydrogen) atoms. The number of sulfonamides is 1. The summed E-state index contributed by atoms with van der Waals surface area (Å²) in [6, 6.07) is 13.8. The predicted molar refractivity (Wildman–Crippen MR) is 105 cm³/mol. The van der Waals surface area contributed by atoms with Crippen molar-refractivity contribution in [1.82, 2.24) is 0 Å². The molecule has 0 bridgehead atoms. The van der Waals surface area contributed by atoms with Crippen LogP contribution in [0.25, 0.3) is 0 Å². The van der Waals surface area contributed by atoms with Crippen LogP contribution < -0.4 is 5.14 Å². The molecule has 0 fully saturated rings. The lowest BCUT2D eigenvalue weighted by molar-refractivity contribution is 0.597. The van der Waals surface area contributed by atoms with Crippen molar-refractivity contribution in [2.75, 3.05) is 5.75 Å². The minimum absolute atomic E-state index is 0.0608. The highest BCUT2D eigenvalue weighted by atomic mass is 32.2. The van der Waals surface area contributed by atoms with E-state index in [0.29, 0.717) is 17.2 Å². The lowest BCUT2D eigenvalue weighted by Crippen LogP contribution is -2.12. The van der Waals surface area contributed by atoms with E-state index in [0.717, 1.165) is 11.1 Å². The van der Waals surface area contributed by atoms with Crippen LogP contribution in [-0.4, -0.2) is 18.4 Å². The molecular formula is C19H26N2O3S2. The fraction of sp³-hybridized carbons (Fsp3) is 0.368. The molecule has 0 radical (unpaired) electrons. The Morgan fingerprint density at radius 2 is 1.31 bits per heavy atom. The maximum atomic E-state index is 12.8. The molecule has 0 heterocycles. The molecule has 0 aromatic heterocycles. The normalized spacial score (nSPS) is 15.6. The summed E-state index contributed by atoms with van der Waals surface area (Å²) in [6.07, 6.45) is 0.572. The monoisotopic (exact) mass is 394 g/mol. The van der Waals surface area contributed by atoms with E-state index in [1.807, 2.05) is 19.1 Å². The van der Waals surface area contributed by atoms with Crippen molar-refractivity contribution < 1.29 is 12.6 Å². The molecule has 2 rings (SSSR count). The zero-order chi connectivity index (χ0) is 19.5. The smallest absolute Gasteiger partial charge is 0.238 e. The number of hydrogen-bond donors (Lipinski definition) is 2. The van der Waals surface area contributed by atoms with Crippen molar-refractivity contribution in [3.63, 3.8) is 0 Å². The molecule has 5 nitrogen and oxygen atoms in total. The third kappa shape index (κ3) is 5.16. The molecule has 0 saturated carbocycles. The summed E-state index contributed by atoms with van der Waals surface area (Å²) in [5, 5.41) is 5.10. The summed E-state index contributed by atoms with van der Waals surface area (Å²) >= 11 is 0. The van der Waals surface area contributed by atoms with Crippen LogP contribution in [-0.2, 0) is 19.8 Å². The van der Waals surface area contributed by atoms with Gasteiger partial charge in [-0.15, -0.1) is 0 Å². The van der Waals surface area contributed by atoms with Gasteiger partial charge >= 0.3 is 0 Å². The van der Waals surface area contributed by atoms with Gasteiger partial charge in [-0.3, -0.25) is 0 Å². The van der Waals surface area contributed by atoms with E-state index in [-0.39, 0.29) is 16.6 Å². The first-order chi connectivity index (χ1) is 12.0. The Balaban J connectivity index is 2.06. The SMILES string of the molecule is CC(C)c1ccc(S(=N)(=O)CCC(C)c2ccc(S(N)(=O)=O)cc2)cc1. The highest BCUT2D eigenvalue weighted by Crippen LogP contribution is 2.24. The molecule has 2 aromatic rings. The van der Waals surface area contributed by atoms with E-state index in [1.165, 1.54) is 12.1 Å². The Bertz CT molecular complexity index is 947. The Hall–Kier alpha value is -1.70. The van der Waals surface area contributed by atoms with Crippen molar-refractivity contribution in [1.29, 1.82) is 4.78 Å². The zero-order valence-electron chi connectivity index (χ0n) is 15.3. The quantitative estimate of drug-likeness (QED) is 0.740. The Kier molecular flexibility index (Phi) is 6.26. The first-order valence-electron chi connectivity index (χ1n) is 8.50. The average Bonchev–Trinajstić information content (AvgIpc) is 2.59. The third-order valence-electron chi connectivity index (χ3n) is 4.54. The van der Waals surface area contributed by atoms with Crippen LogP contribution in [0, 0.1) is 4.78 Å². The van der Waals surface area contributed by atoms with E-state index < -0.39 is 19.8 Å². The van der Waals surface area contributed by atoms with E-state index in [4.69, 9.17) is 9.92 Å². The summed E-state index contributed by atoms with van der Waals surface area (Å²) in [5.41, 5.74) is 2.09. The van der Waals surface area contributed by atoms with Gasteiger partial charge in [0.15, 0.2) is 0 Å². The first kappa shape index (κ1) is 20.6. The summed E-state index contributed by atoms with van der Waals surface area (Å²) in [7, 11) is -6.56. The van der Waals surface area contributed by atoms with Crippen LogP contribution in [0.1, 0.15) is 50.2 Å². The van der Waals surface area contributed by atoms with Crippen molar-refractivity contribution >= 4 is 19.8 Å². The molecule has 0 aliphatic heterocycles. The Morgan fingerprint density at radius 3 is 1.77 bits per heavy atom. The minimum atomic E-state index is -3.70. The van der Waals surface area contributed by atoms with Crippen LogP contribution in [0.15, 0.2) is 58.3 Å². The molecule has 0 spiro atoms. The second-order valence-electron chi connectivity index (χ2n) is 6.91. The fourth-order valence-electron chi connectivity index (χ4n) is 2.69. The van der Waals surface area contributed by atoms with Gasteiger partial charge in [-0.1, -0.05) is 45.0 Å². The molecule has 3 N–H and O–H groups in total. The lowest BCUT2D eigenvalue weighted by Gasteiger charge is -2.15. The van der Waals surface area contributed by atoms with Crippen LogP contribution >= 0.6 is 0 Å². The Labute approximate surface area is 156 Å². The van der Waals surface area contributed by atoms with Crippen molar-refractivity contribution in [2.45, 2.75) is 48.8 Å². The summed E-state index contributed by atoms with van der Waals surface area (Å²) in [4.78, 5) is 0.627. The lowest BCUT2D eigenvalue weighted by atomic mass is 9.99. The van der Waals surface area contributed by atoms with E-state index in [1.54, 1.807) is 24.3 Å². The van der Waals surface area contributed by atoms with E-state index >= 15 is 0 Å². The third-order valence-corrected chi connectivity index (χ3v) is 7.32. The van der Waals surface area contributed by atoms with Gasteiger partial charge in [0.1, 0.15) is 0 Å². The Morgan fingerprint density at radius 1 is 0.846 bits per heavy atom. The van der Waals surface area contributed by atoms with Gasteiger partial charge in [-0.05, 0) is 53.6 Å². The van der Waals surface area contributed by atoms with Crippen LogP contribution in [0.3, 0.4) is 0 Å². The molecule has 0 aliphatic rings. The number of nitrogens with two attached hydrogens (primary N) is 1. The molecule has 0 aliphatic carbocycles. The number of nitrogens with one attached hydrogen (secondary N) is 1. The van der Waals surface area contributed by atoms with Crippen molar-refractivity contribution in [3.8, 4) is 0 Å². The molecule has 2 atom stereocenters. The maximum Gasteiger partial charge on any atom is 0.238 e. The fourth-order valence-corrected chi connectivity index (χ4v) is 4.70. The second-order valence-corrected chi connectivity index (χ2v) is 10.7. The molecule has 142 valence electrons. The van der Waals surface area contributed by atoms with Crippen molar-refractivity contribution in [2.24, 2.45) is 5.14 Å². The minimum Gasteiger partial charge on any atom is -0.249 e. The highest BCUT2D eigenvalue weighted by molar-refractivity contribution is 7.92. The van der Waals surface area contributed by atoms with Gasteiger partial charge in [0, 0.05) is 10.6 Å². The van der Waals surface area contributed by atoms with Crippen molar-refractivity contribution in [3.05, 3.63) is 59.7 Å². The number of hydrogen-bond acceptors (Lipinski definition) is 4. The molecular weight excluding hydrogens is 368 g/mol. The van der Waals surface area contributed by atoms with Crippen LogP contribution in [0.5, 0.6) is 0 Å². The topological polar surface area (TPSA) is 101 Å². The molecule has 2 unspecified atom stereocenters. The van der Waals surface area contributed by atoms with Crippen LogP contribution in [0.4, 0.5) is 0 Å². The molecule has 0 saturated heterocycles. The maximum absolute atomic E-state index is 12.8. The number of primary sulfonamides is 1. The number of benzene rings is 2. The molecule has 0 amide bonds. The first-order valence-corrected chi connectivity index (χ1v) is 11.8. The van der Waals surface area contributed by atoms with Gasteiger partial charge in [-0.25, -0.2) is 22.5 Å². The number of rotatable bonds is 7. The van der Waals surface area contributed by atoms with Gasteiger partial charge in [0.05, 0.1) is 14.6 Å². The molecule has 2 aromatic carbocycles. The summed E-state index contributed by atoms with van der Waals surface area (Å²) in [5.74, 6) is 0.711. The van der Waals surface area contributed by atoms with Gasteiger partial charge in [0.25, 0.3) is 0 Å². The summed E-state index contributed by atoms with van der Waals surface area (Å²) in [6.45, 7) is 6.16. The average molecular weight is 395 g/mol. The largest absolute Gasteiger partial charge is 0.249 e. The predicted octanol–water partition coefficient (Wildman–Crippen LogP) is 4.06. The van der Waals surface area contributed by atoms with Gasteiger partial charge in [-0.2, -0.15) is 0 Å². The molecule has 7 heteroatoms. The summed E-state index contributed by atoms with van der Waals surface area (Å²) < 4.78 is 43.6. The van der Waals surface area contributed by atoms with E-state index in [9.17, 15) is 12.6 Å². The standard InChI is InChI=1S/C19H26N2O3S2/c1-14(2)16-4-8-18(9-5-16)25(20,22)13-12-15(3)17-6-10-19(11-7-17)26(21,23)24/h4-11,14-15,20H,12-13H2,1-3H3,(H2,21,23,24). The highest BCUT2D eigenvalue weighted by Gasteiger charge is 2.15. The van der Waals surface area contributed by atoms with Gasteiger partial charge in [0.2, 0.25) is 10.0 Å².